The average molecular weight is 393 g/mol. The van der Waals surface area contributed by atoms with Crippen molar-refractivity contribution in [3.63, 3.8) is 0 Å². The number of furan rings is 2. The Balaban J connectivity index is 1.80. The first-order chi connectivity index (χ1) is 14.0. The molecule has 3 aromatic rings. The number of nitriles is 1. The second-order valence-corrected chi connectivity index (χ2v) is 5.78. The topological polar surface area (TPSA) is 132 Å². The van der Waals surface area contributed by atoms with Crippen LogP contribution in [0.1, 0.15) is 11.5 Å². The van der Waals surface area contributed by atoms with Crippen molar-refractivity contribution in [2.75, 3.05) is 7.11 Å². The number of amides is 1. The van der Waals surface area contributed by atoms with E-state index in [1.54, 1.807) is 24.3 Å². The molecule has 0 bridgehead atoms. The summed E-state index contributed by atoms with van der Waals surface area (Å²) in [4.78, 5) is 22.6. The van der Waals surface area contributed by atoms with Crippen molar-refractivity contribution in [3.05, 3.63) is 75.9 Å². The Labute approximate surface area is 165 Å². The maximum absolute atomic E-state index is 12.2. The molecule has 0 aliphatic carbocycles. The predicted octanol–water partition coefficient (Wildman–Crippen LogP) is 3.68. The van der Waals surface area contributed by atoms with Crippen LogP contribution in [0.2, 0.25) is 0 Å². The van der Waals surface area contributed by atoms with Gasteiger partial charge in [0, 0.05) is 12.1 Å². The van der Waals surface area contributed by atoms with Gasteiger partial charge in [-0.15, -0.1) is 0 Å². The van der Waals surface area contributed by atoms with E-state index in [4.69, 9.17) is 13.6 Å². The van der Waals surface area contributed by atoms with Crippen LogP contribution in [0.5, 0.6) is 5.75 Å². The number of hydrogen-bond acceptors (Lipinski definition) is 7. The van der Waals surface area contributed by atoms with Crippen LogP contribution in [0.25, 0.3) is 17.4 Å². The lowest BCUT2D eigenvalue weighted by molar-refractivity contribution is -0.384. The van der Waals surface area contributed by atoms with Gasteiger partial charge in [0.25, 0.3) is 11.6 Å². The summed E-state index contributed by atoms with van der Waals surface area (Å²) in [6, 6.07) is 12.5. The molecule has 0 unspecified atom stereocenters. The fourth-order valence-electron chi connectivity index (χ4n) is 2.54. The number of nitro benzene ring substituents is 1. The first-order valence-corrected chi connectivity index (χ1v) is 8.37. The summed E-state index contributed by atoms with van der Waals surface area (Å²) >= 11 is 0. The van der Waals surface area contributed by atoms with E-state index in [1.165, 1.54) is 37.6 Å². The molecule has 0 aliphatic rings. The molecule has 1 N–H and O–H groups in total. The third-order valence-electron chi connectivity index (χ3n) is 3.94. The second kappa shape index (κ2) is 8.58. The SMILES string of the molecule is COc1cc([N+](=O)[O-])ccc1-c1ccc(/C=C(\C#N)C(=O)NCc2ccco2)o1. The number of methoxy groups -OCH3 is 1. The Morgan fingerprint density at radius 2 is 2.17 bits per heavy atom. The first-order valence-electron chi connectivity index (χ1n) is 8.37. The van der Waals surface area contributed by atoms with Gasteiger partial charge in [0.15, 0.2) is 0 Å². The Bertz CT molecular complexity index is 1110. The maximum Gasteiger partial charge on any atom is 0.273 e. The number of nitrogens with one attached hydrogen (secondary N) is 1. The molecule has 9 nitrogen and oxygen atoms in total. The van der Waals surface area contributed by atoms with Crippen LogP contribution in [0.15, 0.2) is 63.1 Å². The van der Waals surface area contributed by atoms with E-state index in [0.29, 0.717) is 17.1 Å². The molecule has 1 aromatic carbocycles. The molecule has 1 amide bonds. The quantitative estimate of drug-likeness (QED) is 0.280. The molecule has 0 aliphatic heterocycles. The van der Waals surface area contributed by atoms with Gasteiger partial charge in [-0.25, -0.2) is 0 Å². The number of carbonyl (C=O) groups excluding carboxylic acids is 1. The van der Waals surface area contributed by atoms with E-state index < -0.39 is 10.8 Å². The van der Waals surface area contributed by atoms with Gasteiger partial charge >= 0.3 is 0 Å². The van der Waals surface area contributed by atoms with E-state index in [2.05, 4.69) is 5.32 Å². The van der Waals surface area contributed by atoms with Gasteiger partial charge in [0.05, 0.1) is 36.5 Å². The molecule has 0 spiro atoms. The zero-order valence-electron chi connectivity index (χ0n) is 15.2. The summed E-state index contributed by atoms with van der Waals surface area (Å²) in [5.41, 5.74) is 0.240. The van der Waals surface area contributed by atoms with Crippen LogP contribution < -0.4 is 10.1 Å². The molecule has 2 aromatic heterocycles. The smallest absolute Gasteiger partial charge is 0.273 e. The molecule has 0 saturated carbocycles. The summed E-state index contributed by atoms with van der Waals surface area (Å²) in [6.45, 7) is 0.147. The van der Waals surface area contributed by atoms with Crippen molar-refractivity contribution in [2.24, 2.45) is 0 Å². The number of carbonyl (C=O) groups is 1. The van der Waals surface area contributed by atoms with Crippen LogP contribution in [-0.2, 0) is 11.3 Å². The monoisotopic (exact) mass is 393 g/mol. The van der Waals surface area contributed by atoms with Crippen molar-refractivity contribution < 1.29 is 23.3 Å². The van der Waals surface area contributed by atoms with E-state index >= 15 is 0 Å². The van der Waals surface area contributed by atoms with Crippen LogP contribution in [-0.4, -0.2) is 17.9 Å². The Morgan fingerprint density at radius 3 is 2.83 bits per heavy atom. The first kappa shape index (κ1) is 19.4. The lowest BCUT2D eigenvalue weighted by Gasteiger charge is -2.05. The standard InChI is InChI=1S/C20H15N3O6/c1-27-19-10-14(23(25)26)4-6-17(19)18-7-5-15(29-18)9-13(11-21)20(24)22-12-16-3-2-8-28-16/h2-10H,12H2,1H3,(H,22,24)/b13-9+. The van der Waals surface area contributed by atoms with Crippen molar-refractivity contribution in [1.29, 1.82) is 5.26 Å². The molecule has 3 rings (SSSR count). The van der Waals surface area contributed by atoms with Crippen LogP contribution >= 0.6 is 0 Å². The summed E-state index contributed by atoms with van der Waals surface area (Å²) in [5, 5.41) is 22.8. The zero-order valence-corrected chi connectivity index (χ0v) is 15.2. The predicted molar refractivity (Wildman–Crippen MR) is 101 cm³/mol. The molecule has 9 heteroatoms. The minimum Gasteiger partial charge on any atom is -0.496 e. The van der Waals surface area contributed by atoms with Crippen molar-refractivity contribution >= 4 is 17.7 Å². The van der Waals surface area contributed by atoms with Crippen LogP contribution in [0.3, 0.4) is 0 Å². The Hall–Kier alpha value is -4.32. The average Bonchev–Trinajstić information content (AvgIpc) is 3.41. The van der Waals surface area contributed by atoms with Crippen molar-refractivity contribution in [3.8, 4) is 23.1 Å². The molecule has 0 radical (unpaired) electrons. The maximum atomic E-state index is 12.2. The van der Waals surface area contributed by atoms with E-state index in [9.17, 15) is 20.2 Å². The summed E-state index contributed by atoms with van der Waals surface area (Å²) in [6.07, 6.45) is 2.79. The summed E-state index contributed by atoms with van der Waals surface area (Å²) < 4.78 is 16.0. The largest absolute Gasteiger partial charge is 0.496 e. The Kier molecular flexibility index (Phi) is 5.75. The van der Waals surface area contributed by atoms with Gasteiger partial charge < -0.3 is 18.9 Å². The van der Waals surface area contributed by atoms with Crippen molar-refractivity contribution in [2.45, 2.75) is 6.54 Å². The number of nitro groups is 1. The molecule has 0 fully saturated rings. The van der Waals surface area contributed by atoms with E-state index in [0.717, 1.165) is 0 Å². The highest BCUT2D eigenvalue weighted by Crippen LogP contribution is 2.34. The number of nitrogens with zero attached hydrogens (tertiary/aromatic N) is 2. The van der Waals surface area contributed by atoms with Gasteiger partial charge in [-0.05, 0) is 30.3 Å². The van der Waals surface area contributed by atoms with Crippen molar-refractivity contribution in [1.82, 2.24) is 5.32 Å². The summed E-state index contributed by atoms with van der Waals surface area (Å²) in [5.74, 6) is 0.887. The number of ether oxygens (including phenoxy) is 1. The molecule has 146 valence electrons. The fourth-order valence-corrected chi connectivity index (χ4v) is 2.54. The van der Waals surface area contributed by atoms with E-state index in [1.807, 2.05) is 6.07 Å². The molecule has 0 atom stereocenters. The van der Waals surface area contributed by atoms with Gasteiger partial charge in [-0.2, -0.15) is 5.26 Å². The zero-order chi connectivity index (χ0) is 20.8. The normalized spacial score (nSPS) is 11.0. The number of benzene rings is 1. The highest BCUT2D eigenvalue weighted by atomic mass is 16.6. The lowest BCUT2D eigenvalue weighted by atomic mass is 10.1. The van der Waals surface area contributed by atoms with Crippen LogP contribution in [0, 0.1) is 21.4 Å². The van der Waals surface area contributed by atoms with Gasteiger partial charge in [-0.3, -0.25) is 14.9 Å². The van der Waals surface area contributed by atoms with E-state index in [-0.39, 0.29) is 29.3 Å². The molecular formula is C20H15N3O6. The van der Waals surface area contributed by atoms with Gasteiger partial charge in [0.2, 0.25) is 0 Å². The third-order valence-corrected chi connectivity index (χ3v) is 3.94. The summed E-state index contributed by atoms with van der Waals surface area (Å²) in [7, 11) is 1.39. The Morgan fingerprint density at radius 1 is 1.34 bits per heavy atom. The molecule has 0 saturated heterocycles. The molecular weight excluding hydrogens is 378 g/mol. The minimum absolute atomic E-state index is 0.114. The third kappa shape index (κ3) is 4.51. The number of non-ortho nitro benzene ring substituents is 1. The lowest BCUT2D eigenvalue weighted by Crippen LogP contribution is -2.23. The molecule has 29 heavy (non-hydrogen) atoms. The van der Waals surface area contributed by atoms with Gasteiger partial charge in [0.1, 0.15) is 34.7 Å². The second-order valence-electron chi connectivity index (χ2n) is 5.78. The van der Waals surface area contributed by atoms with Gasteiger partial charge in [-0.1, -0.05) is 0 Å². The van der Waals surface area contributed by atoms with Crippen LogP contribution in [0.4, 0.5) is 5.69 Å². The number of hydrogen-bond donors (Lipinski definition) is 1. The fraction of sp³-hybridized carbons (Fsp3) is 0.100. The minimum atomic E-state index is -0.574. The number of rotatable bonds is 7. The highest BCUT2D eigenvalue weighted by molar-refractivity contribution is 6.01. The molecule has 2 heterocycles. The highest BCUT2D eigenvalue weighted by Gasteiger charge is 2.16.